The van der Waals surface area contributed by atoms with Crippen LogP contribution in [-0.4, -0.2) is 63.0 Å². The number of nitrogens with one attached hydrogen (secondary N) is 1. The van der Waals surface area contributed by atoms with Crippen LogP contribution in [-0.2, 0) is 14.6 Å². The second-order valence-electron chi connectivity index (χ2n) is 6.96. The Hall–Kier alpha value is -1.66. The van der Waals surface area contributed by atoms with Gasteiger partial charge in [0, 0.05) is 19.0 Å². The molecule has 2 aliphatic heterocycles. The molecule has 0 aromatic heterocycles. The summed E-state index contributed by atoms with van der Waals surface area (Å²) >= 11 is 0. The molecule has 6 heteroatoms. The predicted molar refractivity (Wildman–Crippen MR) is 99.0 cm³/mol. The number of carbonyl (C=O) groups is 1. The van der Waals surface area contributed by atoms with E-state index in [1.165, 1.54) is 16.0 Å². The van der Waals surface area contributed by atoms with Gasteiger partial charge in [-0.3, -0.25) is 4.79 Å². The van der Waals surface area contributed by atoms with Crippen molar-refractivity contribution in [2.45, 2.75) is 25.8 Å². The van der Waals surface area contributed by atoms with Crippen molar-refractivity contribution in [2.75, 3.05) is 37.7 Å². The quantitative estimate of drug-likeness (QED) is 0.824. The van der Waals surface area contributed by atoms with Crippen LogP contribution in [0.2, 0.25) is 0 Å². The van der Waals surface area contributed by atoms with E-state index < -0.39 is 9.84 Å². The minimum Gasteiger partial charge on any atom is -0.334 e. The van der Waals surface area contributed by atoms with Crippen LogP contribution in [0.5, 0.6) is 0 Å². The Kier molecular flexibility index (Phi) is 5.59. The highest BCUT2D eigenvalue weighted by Gasteiger charge is 2.35. The molecule has 1 unspecified atom stereocenters. The number of amides is 1. The van der Waals surface area contributed by atoms with E-state index in [4.69, 9.17) is 0 Å². The van der Waals surface area contributed by atoms with E-state index in [-0.39, 0.29) is 23.5 Å². The molecule has 3 rings (SSSR count). The highest BCUT2D eigenvalue weighted by Crippen LogP contribution is 2.19. The van der Waals surface area contributed by atoms with Crippen LogP contribution < -0.4 is 4.90 Å². The topological polar surface area (TPSA) is 58.9 Å². The Balaban J connectivity index is 1.57. The molecule has 2 heterocycles. The summed E-state index contributed by atoms with van der Waals surface area (Å²) in [6, 6.07) is 10.2. The van der Waals surface area contributed by atoms with Crippen molar-refractivity contribution in [1.29, 1.82) is 0 Å². The van der Waals surface area contributed by atoms with Crippen molar-refractivity contribution in [2.24, 2.45) is 0 Å². The summed E-state index contributed by atoms with van der Waals surface area (Å²) < 4.78 is 23.4. The molecule has 0 bridgehead atoms. The normalized spacial score (nSPS) is 25.4. The lowest BCUT2D eigenvalue weighted by Crippen LogP contribution is -3.13. The summed E-state index contributed by atoms with van der Waals surface area (Å²) in [5.74, 6) is 0.414. The predicted octanol–water partition coefficient (Wildman–Crippen LogP) is 0.394. The average Bonchev–Trinajstić information content (AvgIpc) is 2.96. The molecule has 1 N–H and O–H groups in total. The van der Waals surface area contributed by atoms with Crippen molar-refractivity contribution in [3.8, 4) is 0 Å². The molecule has 0 saturated carbocycles. The van der Waals surface area contributed by atoms with E-state index in [1.54, 1.807) is 4.90 Å². The van der Waals surface area contributed by atoms with Gasteiger partial charge in [0.15, 0.2) is 16.4 Å². The maximum Gasteiger partial charge on any atom is 0.278 e. The number of hydrogen-bond donors (Lipinski definition) is 1. The second kappa shape index (κ2) is 7.70. The van der Waals surface area contributed by atoms with Gasteiger partial charge >= 0.3 is 0 Å². The Bertz CT molecular complexity index is 743. The fourth-order valence-corrected chi connectivity index (χ4v) is 5.56. The molecule has 1 aromatic carbocycles. The van der Waals surface area contributed by atoms with Gasteiger partial charge in [-0.2, -0.15) is 0 Å². The lowest BCUT2D eigenvalue weighted by Gasteiger charge is -2.30. The molecule has 1 saturated heterocycles. The largest absolute Gasteiger partial charge is 0.334 e. The molecular weight excluding hydrogens is 336 g/mol. The Morgan fingerprint density at radius 1 is 1.28 bits per heavy atom. The maximum atomic E-state index is 12.7. The van der Waals surface area contributed by atoms with Crippen LogP contribution >= 0.6 is 0 Å². The molecule has 1 amide bonds. The monoisotopic (exact) mass is 363 g/mol. The van der Waals surface area contributed by atoms with Crippen LogP contribution in [0.1, 0.15) is 25.3 Å². The Morgan fingerprint density at radius 3 is 2.60 bits per heavy atom. The van der Waals surface area contributed by atoms with E-state index in [9.17, 15) is 13.2 Å². The maximum absolute atomic E-state index is 12.7. The minimum absolute atomic E-state index is 0.0798. The third-order valence-electron chi connectivity index (χ3n) is 5.24. The zero-order valence-electron chi connectivity index (χ0n) is 14.8. The Morgan fingerprint density at radius 2 is 2.04 bits per heavy atom. The molecule has 1 fully saturated rings. The highest BCUT2D eigenvalue weighted by atomic mass is 32.2. The average molecular weight is 364 g/mol. The molecule has 2 atom stereocenters. The van der Waals surface area contributed by atoms with E-state index in [0.717, 1.165) is 19.5 Å². The zero-order valence-corrected chi connectivity index (χ0v) is 15.6. The summed E-state index contributed by atoms with van der Waals surface area (Å²) in [6.07, 6.45) is 3.78. The number of carbonyl (C=O) groups excluding carboxylic acids is 1. The van der Waals surface area contributed by atoms with Gasteiger partial charge in [-0.25, -0.2) is 8.42 Å². The van der Waals surface area contributed by atoms with E-state index >= 15 is 0 Å². The van der Waals surface area contributed by atoms with Gasteiger partial charge < -0.3 is 9.80 Å². The van der Waals surface area contributed by atoms with Crippen LogP contribution in [0.15, 0.2) is 36.4 Å². The van der Waals surface area contributed by atoms with E-state index in [0.29, 0.717) is 19.5 Å². The van der Waals surface area contributed by atoms with Crippen LogP contribution in [0.4, 0.5) is 0 Å². The molecule has 0 radical (unpaired) electrons. The number of quaternary nitrogens is 1. The standard InChI is InChI=1S/C19H26N2O3S/c1-2-21(18-10-13-25(23,24)15-18)19(22)14-20-11-8-17(9-12-20)16-6-4-3-5-7-16/h3-8,18H,2,9-15H2,1H3/p+1/t18-/m1/s1. The SMILES string of the molecule is CCN(C(=O)C[NH+]1CC=C(c2ccccc2)CC1)[C@@H]1CCS(=O)(=O)C1. The molecule has 2 aliphatic rings. The lowest BCUT2D eigenvalue weighted by atomic mass is 9.99. The van der Waals surface area contributed by atoms with E-state index in [1.807, 2.05) is 25.1 Å². The Labute approximate surface area is 150 Å². The van der Waals surface area contributed by atoms with Crippen molar-refractivity contribution in [3.63, 3.8) is 0 Å². The first kappa shape index (κ1) is 18.1. The van der Waals surface area contributed by atoms with Crippen molar-refractivity contribution >= 4 is 21.3 Å². The summed E-state index contributed by atoms with van der Waals surface area (Å²) in [5, 5.41) is 0. The molecule has 0 spiro atoms. The van der Waals surface area contributed by atoms with Crippen LogP contribution in [0, 0.1) is 0 Å². The fourth-order valence-electron chi connectivity index (χ4n) is 3.83. The number of sulfone groups is 1. The summed E-state index contributed by atoms with van der Waals surface area (Å²) in [6.45, 7) is 4.74. The summed E-state index contributed by atoms with van der Waals surface area (Å²) in [5.41, 5.74) is 2.62. The lowest BCUT2D eigenvalue weighted by molar-refractivity contribution is -0.887. The molecule has 25 heavy (non-hydrogen) atoms. The van der Waals surface area contributed by atoms with Crippen molar-refractivity contribution in [1.82, 2.24) is 4.90 Å². The second-order valence-corrected chi connectivity index (χ2v) is 9.19. The fraction of sp³-hybridized carbons (Fsp3) is 0.526. The van der Waals surface area contributed by atoms with Gasteiger partial charge in [0.1, 0.15) is 0 Å². The third-order valence-corrected chi connectivity index (χ3v) is 6.99. The number of hydrogen-bond acceptors (Lipinski definition) is 3. The molecular formula is C19H27N2O3S+. The number of nitrogens with zero attached hydrogens (tertiary/aromatic N) is 1. The third kappa shape index (κ3) is 4.50. The van der Waals surface area contributed by atoms with Gasteiger partial charge in [0.05, 0.1) is 24.6 Å². The van der Waals surface area contributed by atoms with Gasteiger partial charge in [0.2, 0.25) is 0 Å². The first-order chi connectivity index (χ1) is 12.0. The summed E-state index contributed by atoms with van der Waals surface area (Å²) in [4.78, 5) is 15.7. The first-order valence-corrected chi connectivity index (χ1v) is 10.9. The van der Waals surface area contributed by atoms with Crippen molar-refractivity contribution < 1.29 is 18.1 Å². The molecule has 5 nitrogen and oxygen atoms in total. The zero-order chi connectivity index (χ0) is 17.9. The van der Waals surface area contributed by atoms with Gasteiger partial charge in [-0.15, -0.1) is 0 Å². The van der Waals surface area contributed by atoms with Gasteiger partial charge in [-0.05, 0) is 30.6 Å². The van der Waals surface area contributed by atoms with E-state index in [2.05, 4.69) is 18.2 Å². The smallest absolute Gasteiger partial charge is 0.278 e. The summed E-state index contributed by atoms with van der Waals surface area (Å²) in [7, 11) is -2.97. The molecule has 1 aromatic rings. The van der Waals surface area contributed by atoms with Crippen LogP contribution in [0.3, 0.4) is 0 Å². The molecule has 0 aliphatic carbocycles. The number of likely N-dealkylation sites (N-methyl/N-ethyl adjacent to an activating group) is 1. The number of benzene rings is 1. The highest BCUT2D eigenvalue weighted by molar-refractivity contribution is 7.91. The first-order valence-electron chi connectivity index (χ1n) is 9.06. The molecule has 136 valence electrons. The number of rotatable bonds is 5. The van der Waals surface area contributed by atoms with Crippen molar-refractivity contribution in [3.05, 3.63) is 42.0 Å². The van der Waals surface area contributed by atoms with Gasteiger partial charge in [0.25, 0.3) is 5.91 Å². The van der Waals surface area contributed by atoms with Crippen LogP contribution in [0.25, 0.3) is 5.57 Å². The minimum atomic E-state index is -2.97. The van der Waals surface area contributed by atoms with Gasteiger partial charge in [-0.1, -0.05) is 30.3 Å².